The molecule has 0 aliphatic carbocycles. The van der Waals surface area contributed by atoms with Gasteiger partial charge in [-0.15, -0.1) is 0 Å². The number of hydrogen-bond donors (Lipinski definition) is 1. The molecule has 120 valence electrons. The maximum Gasteiger partial charge on any atom is 0.0983 e. The molecule has 0 saturated carbocycles. The van der Waals surface area contributed by atoms with E-state index in [1.54, 1.807) is 6.20 Å². The van der Waals surface area contributed by atoms with Gasteiger partial charge in [0.25, 0.3) is 0 Å². The molecule has 0 aromatic carbocycles. The molecule has 1 N–H and O–H groups in total. The lowest BCUT2D eigenvalue weighted by Gasteiger charge is -2.13. The zero-order chi connectivity index (χ0) is 16.2. The minimum absolute atomic E-state index is 0.316. The summed E-state index contributed by atoms with van der Waals surface area (Å²) in [6.45, 7) is 5.82. The van der Waals surface area contributed by atoms with Gasteiger partial charge in [0.05, 0.1) is 18.4 Å². The number of nitrogens with zero attached hydrogens (tertiary/aromatic N) is 5. The number of aryl methyl sites for hydroxylation is 2. The first-order valence-electron chi connectivity index (χ1n) is 7.77. The summed E-state index contributed by atoms with van der Waals surface area (Å²) in [5, 5.41) is 12.4. The second kappa shape index (κ2) is 6.75. The fraction of sp³-hybridized carbons (Fsp3) is 0.353. The summed E-state index contributed by atoms with van der Waals surface area (Å²) in [5.41, 5.74) is 4.38. The molecule has 0 radical (unpaired) electrons. The fourth-order valence-corrected chi connectivity index (χ4v) is 2.61. The first kappa shape index (κ1) is 15.4. The third-order valence-electron chi connectivity index (χ3n) is 3.70. The van der Waals surface area contributed by atoms with E-state index in [9.17, 15) is 0 Å². The summed E-state index contributed by atoms with van der Waals surface area (Å²) in [6.07, 6.45) is 9.62. The maximum absolute atomic E-state index is 4.57. The normalized spacial score (nSPS) is 12.5. The maximum atomic E-state index is 4.57. The molecule has 6 heteroatoms. The number of hydrogen-bond acceptors (Lipinski definition) is 4. The SMILES string of the molecule is Cc1cnn(CC(C)NCc2cn(C)nc2-c2cccnc2)c1. The fourth-order valence-electron chi connectivity index (χ4n) is 2.61. The Balaban J connectivity index is 1.66. The van der Waals surface area contributed by atoms with Crippen molar-refractivity contribution in [2.24, 2.45) is 7.05 Å². The molecule has 3 aromatic rings. The van der Waals surface area contributed by atoms with Gasteiger partial charge in [0.15, 0.2) is 0 Å². The summed E-state index contributed by atoms with van der Waals surface area (Å²) in [7, 11) is 1.94. The Morgan fingerprint density at radius 1 is 1.26 bits per heavy atom. The van der Waals surface area contributed by atoms with Crippen molar-refractivity contribution in [3.05, 3.63) is 54.2 Å². The largest absolute Gasteiger partial charge is 0.308 e. The highest BCUT2D eigenvalue weighted by Crippen LogP contribution is 2.20. The van der Waals surface area contributed by atoms with Crippen LogP contribution >= 0.6 is 0 Å². The Morgan fingerprint density at radius 3 is 2.83 bits per heavy atom. The second-order valence-corrected chi connectivity index (χ2v) is 5.94. The third-order valence-corrected chi connectivity index (χ3v) is 3.70. The van der Waals surface area contributed by atoms with Gasteiger partial charge in [-0.25, -0.2) is 0 Å². The summed E-state index contributed by atoms with van der Waals surface area (Å²) < 4.78 is 3.82. The van der Waals surface area contributed by atoms with E-state index in [1.165, 1.54) is 11.1 Å². The predicted octanol–water partition coefficient (Wildman–Crippen LogP) is 2.17. The molecule has 0 amide bonds. The molecule has 0 aliphatic rings. The molecule has 6 nitrogen and oxygen atoms in total. The molecule has 0 spiro atoms. The molecular weight excluding hydrogens is 288 g/mol. The van der Waals surface area contributed by atoms with E-state index >= 15 is 0 Å². The van der Waals surface area contributed by atoms with Crippen molar-refractivity contribution in [3.8, 4) is 11.3 Å². The van der Waals surface area contributed by atoms with Gasteiger partial charge in [-0.05, 0) is 31.5 Å². The van der Waals surface area contributed by atoms with Crippen LogP contribution < -0.4 is 5.32 Å². The predicted molar refractivity (Wildman–Crippen MR) is 89.7 cm³/mol. The zero-order valence-corrected chi connectivity index (χ0v) is 13.8. The molecule has 3 rings (SSSR count). The molecule has 0 fully saturated rings. The van der Waals surface area contributed by atoms with Crippen LogP contribution in [0.25, 0.3) is 11.3 Å². The van der Waals surface area contributed by atoms with Crippen LogP contribution in [0.5, 0.6) is 0 Å². The third kappa shape index (κ3) is 3.84. The molecule has 3 heterocycles. The number of rotatable bonds is 6. The second-order valence-electron chi connectivity index (χ2n) is 5.94. The van der Waals surface area contributed by atoms with Crippen LogP contribution in [-0.2, 0) is 20.1 Å². The monoisotopic (exact) mass is 310 g/mol. The average molecular weight is 310 g/mol. The highest BCUT2D eigenvalue weighted by molar-refractivity contribution is 5.61. The highest BCUT2D eigenvalue weighted by Gasteiger charge is 2.11. The van der Waals surface area contributed by atoms with Crippen molar-refractivity contribution >= 4 is 0 Å². The average Bonchev–Trinajstić information content (AvgIpc) is 3.12. The Morgan fingerprint density at radius 2 is 2.13 bits per heavy atom. The summed E-state index contributed by atoms with van der Waals surface area (Å²) in [6, 6.07) is 4.29. The van der Waals surface area contributed by atoms with Crippen molar-refractivity contribution < 1.29 is 0 Å². The van der Waals surface area contributed by atoms with Gasteiger partial charge in [0.2, 0.25) is 0 Å². The van der Waals surface area contributed by atoms with E-state index < -0.39 is 0 Å². The topological polar surface area (TPSA) is 60.6 Å². The standard InChI is InChI=1S/C17H22N6/c1-13-7-20-23(10-13)11-14(2)19-9-16-12-22(3)21-17(16)15-5-4-6-18-8-15/h4-8,10,12,14,19H,9,11H2,1-3H3. The minimum Gasteiger partial charge on any atom is -0.308 e. The lowest BCUT2D eigenvalue weighted by atomic mass is 10.1. The molecule has 0 bridgehead atoms. The van der Waals surface area contributed by atoms with Crippen molar-refractivity contribution in [2.45, 2.75) is 33.0 Å². The van der Waals surface area contributed by atoms with Crippen molar-refractivity contribution in [1.82, 2.24) is 29.9 Å². The van der Waals surface area contributed by atoms with Crippen LogP contribution in [0.1, 0.15) is 18.1 Å². The molecule has 23 heavy (non-hydrogen) atoms. The Bertz CT molecular complexity index is 758. The molecule has 3 aromatic heterocycles. The lowest BCUT2D eigenvalue weighted by Crippen LogP contribution is -2.30. The van der Waals surface area contributed by atoms with Crippen LogP contribution in [-0.4, -0.2) is 30.6 Å². The number of pyridine rings is 1. The molecule has 0 aliphatic heterocycles. The van der Waals surface area contributed by atoms with E-state index in [0.29, 0.717) is 6.04 Å². The first-order chi connectivity index (χ1) is 11.1. The molecule has 1 atom stereocenters. The van der Waals surface area contributed by atoms with Crippen LogP contribution in [0.4, 0.5) is 0 Å². The summed E-state index contributed by atoms with van der Waals surface area (Å²) in [5.74, 6) is 0. The lowest BCUT2D eigenvalue weighted by molar-refractivity contribution is 0.451. The van der Waals surface area contributed by atoms with E-state index in [-0.39, 0.29) is 0 Å². The van der Waals surface area contributed by atoms with Crippen LogP contribution in [0.3, 0.4) is 0 Å². The van der Waals surface area contributed by atoms with Gasteiger partial charge in [-0.3, -0.25) is 14.3 Å². The zero-order valence-electron chi connectivity index (χ0n) is 13.8. The van der Waals surface area contributed by atoms with Crippen LogP contribution in [0.15, 0.2) is 43.1 Å². The number of nitrogens with one attached hydrogen (secondary N) is 1. The van der Waals surface area contributed by atoms with E-state index in [4.69, 9.17) is 0 Å². The number of aromatic nitrogens is 5. The quantitative estimate of drug-likeness (QED) is 0.758. The van der Waals surface area contributed by atoms with E-state index in [2.05, 4.69) is 46.7 Å². The van der Waals surface area contributed by atoms with Gasteiger partial charge in [0.1, 0.15) is 0 Å². The Hall–Kier alpha value is -2.47. The van der Waals surface area contributed by atoms with Gasteiger partial charge in [-0.1, -0.05) is 0 Å². The molecular formula is C17H22N6. The molecule has 1 unspecified atom stereocenters. The minimum atomic E-state index is 0.316. The molecule has 0 saturated heterocycles. The van der Waals surface area contributed by atoms with Crippen LogP contribution in [0.2, 0.25) is 0 Å². The highest BCUT2D eigenvalue weighted by atomic mass is 15.3. The Labute approximate surface area is 136 Å². The van der Waals surface area contributed by atoms with Gasteiger partial charge >= 0.3 is 0 Å². The van der Waals surface area contributed by atoms with Crippen molar-refractivity contribution in [3.63, 3.8) is 0 Å². The summed E-state index contributed by atoms with van der Waals surface area (Å²) >= 11 is 0. The van der Waals surface area contributed by atoms with E-state index in [1.807, 2.05) is 40.9 Å². The van der Waals surface area contributed by atoms with Crippen molar-refractivity contribution in [1.29, 1.82) is 0 Å². The van der Waals surface area contributed by atoms with Gasteiger partial charge in [-0.2, -0.15) is 10.2 Å². The summed E-state index contributed by atoms with van der Waals surface area (Å²) in [4.78, 5) is 4.18. The van der Waals surface area contributed by atoms with Gasteiger partial charge in [0, 0.05) is 55.5 Å². The first-order valence-corrected chi connectivity index (χ1v) is 7.77. The van der Waals surface area contributed by atoms with Gasteiger partial charge < -0.3 is 5.32 Å². The Kier molecular flexibility index (Phi) is 4.52. The smallest absolute Gasteiger partial charge is 0.0983 e. The van der Waals surface area contributed by atoms with Crippen LogP contribution in [0, 0.1) is 6.92 Å². The van der Waals surface area contributed by atoms with Crippen molar-refractivity contribution in [2.75, 3.05) is 0 Å². The van der Waals surface area contributed by atoms with E-state index in [0.717, 1.165) is 24.3 Å².